The molecule has 0 spiro atoms. The molecule has 21 heavy (non-hydrogen) atoms. The predicted molar refractivity (Wildman–Crippen MR) is 81.7 cm³/mol. The van der Waals surface area contributed by atoms with Crippen molar-refractivity contribution in [2.45, 2.75) is 63.1 Å². The Labute approximate surface area is 126 Å². The van der Waals surface area contributed by atoms with Crippen LogP contribution in [0.2, 0.25) is 0 Å². The van der Waals surface area contributed by atoms with Crippen molar-refractivity contribution in [1.82, 2.24) is 5.32 Å². The van der Waals surface area contributed by atoms with Crippen LogP contribution in [0.1, 0.15) is 55.3 Å². The van der Waals surface area contributed by atoms with E-state index in [-0.39, 0.29) is 11.8 Å². The highest BCUT2D eigenvalue weighted by Crippen LogP contribution is 2.34. The van der Waals surface area contributed by atoms with Crippen molar-refractivity contribution in [3.05, 3.63) is 29.8 Å². The van der Waals surface area contributed by atoms with Gasteiger partial charge in [-0.1, -0.05) is 25.0 Å². The standard InChI is InChI=1S/C18H23NO2/c20-18(17-11-12-4-1-2-7-16(12)19-17)13-5-3-6-15(10-13)21-14-8-9-14/h3,5-6,10,12,14,16-17,19H,1-2,4,7-9,11H2. The van der Waals surface area contributed by atoms with E-state index in [1.165, 1.54) is 25.7 Å². The van der Waals surface area contributed by atoms with Gasteiger partial charge in [0.25, 0.3) is 0 Å². The lowest BCUT2D eigenvalue weighted by Gasteiger charge is -2.24. The first kappa shape index (κ1) is 13.3. The molecule has 1 N–H and O–H groups in total. The molecule has 3 unspecified atom stereocenters. The second kappa shape index (κ2) is 5.45. The Bertz CT molecular complexity index is 524. The second-order valence-corrected chi connectivity index (χ2v) is 6.82. The number of Topliss-reactive ketones (excluding diaryl/α,β-unsaturated/α-hetero) is 1. The molecular formula is C18H23NO2. The van der Waals surface area contributed by atoms with E-state index in [0.717, 1.165) is 30.6 Å². The van der Waals surface area contributed by atoms with Crippen molar-refractivity contribution in [1.29, 1.82) is 0 Å². The Morgan fingerprint density at radius 3 is 2.81 bits per heavy atom. The molecule has 1 aromatic rings. The van der Waals surface area contributed by atoms with Gasteiger partial charge in [-0.25, -0.2) is 0 Å². The van der Waals surface area contributed by atoms with Crippen molar-refractivity contribution in [3.63, 3.8) is 0 Å². The van der Waals surface area contributed by atoms with Gasteiger partial charge in [-0.2, -0.15) is 0 Å². The van der Waals surface area contributed by atoms with Gasteiger partial charge < -0.3 is 10.1 Å². The number of nitrogens with one attached hydrogen (secondary N) is 1. The van der Waals surface area contributed by atoms with Crippen LogP contribution in [0, 0.1) is 5.92 Å². The number of ether oxygens (including phenoxy) is 1. The summed E-state index contributed by atoms with van der Waals surface area (Å²) in [6.45, 7) is 0. The van der Waals surface area contributed by atoms with Crippen LogP contribution < -0.4 is 10.1 Å². The molecule has 112 valence electrons. The molecule has 1 aromatic carbocycles. The van der Waals surface area contributed by atoms with Gasteiger partial charge in [-0.15, -0.1) is 0 Å². The zero-order valence-corrected chi connectivity index (χ0v) is 12.4. The van der Waals surface area contributed by atoms with Crippen LogP contribution in [0.4, 0.5) is 0 Å². The molecule has 1 saturated heterocycles. The quantitative estimate of drug-likeness (QED) is 0.862. The average molecular weight is 285 g/mol. The first-order chi connectivity index (χ1) is 10.3. The molecule has 3 heteroatoms. The van der Waals surface area contributed by atoms with E-state index in [1.54, 1.807) is 0 Å². The molecule has 0 bridgehead atoms. The number of ketones is 1. The van der Waals surface area contributed by atoms with E-state index in [0.29, 0.717) is 18.1 Å². The summed E-state index contributed by atoms with van der Waals surface area (Å²) in [5.74, 6) is 1.79. The number of hydrogen-bond donors (Lipinski definition) is 1. The number of fused-ring (bicyclic) bond motifs is 1. The summed E-state index contributed by atoms with van der Waals surface area (Å²) in [5, 5.41) is 3.57. The van der Waals surface area contributed by atoms with Crippen molar-refractivity contribution in [2.24, 2.45) is 5.92 Å². The number of rotatable bonds is 4. The zero-order chi connectivity index (χ0) is 14.2. The second-order valence-electron chi connectivity index (χ2n) is 6.82. The van der Waals surface area contributed by atoms with Crippen LogP contribution in [0.15, 0.2) is 24.3 Å². The van der Waals surface area contributed by atoms with Crippen LogP contribution in [-0.4, -0.2) is 24.0 Å². The number of benzene rings is 1. The number of carbonyl (C=O) groups excluding carboxylic acids is 1. The summed E-state index contributed by atoms with van der Waals surface area (Å²) < 4.78 is 5.80. The molecule has 1 heterocycles. The van der Waals surface area contributed by atoms with Crippen LogP contribution in [0.3, 0.4) is 0 Å². The van der Waals surface area contributed by atoms with Gasteiger partial charge in [0.15, 0.2) is 5.78 Å². The normalized spacial score (nSPS) is 31.7. The molecule has 2 aliphatic carbocycles. The molecule has 0 radical (unpaired) electrons. The lowest BCUT2D eigenvalue weighted by atomic mass is 9.84. The molecule has 3 atom stereocenters. The van der Waals surface area contributed by atoms with E-state index in [4.69, 9.17) is 4.74 Å². The fraction of sp³-hybridized carbons (Fsp3) is 0.611. The minimum atomic E-state index is 0.00859. The van der Waals surface area contributed by atoms with Gasteiger partial charge in [0.1, 0.15) is 5.75 Å². The third kappa shape index (κ3) is 2.84. The number of hydrogen-bond acceptors (Lipinski definition) is 3. The topological polar surface area (TPSA) is 38.3 Å². The van der Waals surface area contributed by atoms with Crippen LogP contribution in [0.5, 0.6) is 5.75 Å². The maximum Gasteiger partial charge on any atom is 0.179 e. The fourth-order valence-corrected chi connectivity index (χ4v) is 3.82. The third-order valence-electron chi connectivity index (χ3n) is 5.12. The Hall–Kier alpha value is -1.35. The van der Waals surface area contributed by atoms with E-state index in [1.807, 2.05) is 24.3 Å². The molecule has 0 amide bonds. The summed E-state index contributed by atoms with van der Waals surface area (Å²) in [6, 6.07) is 8.31. The summed E-state index contributed by atoms with van der Waals surface area (Å²) >= 11 is 0. The summed E-state index contributed by atoms with van der Waals surface area (Å²) in [4.78, 5) is 12.7. The molecular weight excluding hydrogens is 262 g/mol. The van der Waals surface area contributed by atoms with E-state index < -0.39 is 0 Å². The highest BCUT2D eigenvalue weighted by atomic mass is 16.5. The Morgan fingerprint density at radius 2 is 2.00 bits per heavy atom. The van der Waals surface area contributed by atoms with Crippen molar-refractivity contribution < 1.29 is 9.53 Å². The molecule has 0 aromatic heterocycles. The van der Waals surface area contributed by atoms with Gasteiger partial charge in [0.2, 0.25) is 0 Å². The fourth-order valence-electron chi connectivity index (χ4n) is 3.82. The van der Waals surface area contributed by atoms with E-state index in [2.05, 4.69) is 5.32 Å². The maximum atomic E-state index is 12.7. The first-order valence-corrected chi connectivity index (χ1v) is 8.36. The molecule has 3 fully saturated rings. The van der Waals surface area contributed by atoms with E-state index >= 15 is 0 Å². The summed E-state index contributed by atoms with van der Waals surface area (Å²) in [5.41, 5.74) is 0.796. The zero-order valence-electron chi connectivity index (χ0n) is 12.4. The van der Waals surface area contributed by atoms with Crippen LogP contribution >= 0.6 is 0 Å². The molecule has 1 aliphatic heterocycles. The third-order valence-corrected chi connectivity index (χ3v) is 5.12. The highest BCUT2D eigenvalue weighted by molar-refractivity contribution is 6.00. The van der Waals surface area contributed by atoms with Crippen molar-refractivity contribution in [3.8, 4) is 5.75 Å². The summed E-state index contributed by atoms with van der Waals surface area (Å²) in [6.07, 6.45) is 8.83. The van der Waals surface area contributed by atoms with Gasteiger partial charge >= 0.3 is 0 Å². The van der Waals surface area contributed by atoms with Crippen LogP contribution in [-0.2, 0) is 0 Å². The lowest BCUT2D eigenvalue weighted by molar-refractivity contribution is 0.0948. The van der Waals surface area contributed by atoms with Gasteiger partial charge in [-0.3, -0.25) is 4.79 Å². The highest BCUT2D eigenvalue weighted by Gasteiger charge is 2.38. The van der Waals surface area contributed by atoms with E-state index in [9.17, 15) is 4.79 Å². The number of carbonyl (C=O) groups is 1. The van der Waals surface area contributed by atoms with Crippen LogP contribution in [0.25, 0.3) is 0 Å². The Balaban J connectivity index is 1.46. The smallest absolute Gasteiger partial charge is 0.179 e. The summed E-state index contributed by atoms with van der Waals surface area (Å²) in [7, 11) is 0. The SMILES string of the molecule is O=C(c1cccc(OC2CC2)c1)C1CC2CCCCC2N1. The molecule has 2 saturated carbocycles. The predicted octanol–water partition coefficient (Wildman–Crippen LogP) is 3.33. The lowest BCUT2D eigenvalue weighted by Crippen LogP contribution is -2.37. The molecule has 4 rings (SSSR count). The Kier molecular flexibility index (Phi) is 3.46. The van der Waals surface area contributed by atoms with Crippen molar-refractivity contribution in [2.75, 3.05) is 0 Å². The average Bonchev–Trinajstić information content (AvgIpc) is 3.21. The minimum absolute atomic E-state index is 0.00859. The van der Waals surface area contributed by atoms with Gasteiger partial charge in [-0.05, 0) is 50.2 Å². The van der Waals surface area contributed by atoms with Gasteiger partial charge in [0.05, 0.1) is 12.1 Å². The monoisotopic (exact) mass is 285 g/mol. The minimum Gasteiger partial charge on any atom is -0.490 e. The first-order valence-electron chi connectivity index (χ1n) is 8.36. The molecule has 3 aliphatic rings. The van der Waals surface area contributed by atoms with Crippen molar-refractivity contribution >= 4 is 5.78 Å². The molecule has 3 nitrogen and oxygen atoms in total. The van der Waals surface area contributed by atoms with Gasteiger partial charge in [0, 0.05) is 11.6 Å². The Morgan fingerprint density at radius 1 is 1.14 bits per heavy atom. The largest absolute Gasteiger partial charge is 0.490 e. The maximum absolute atomic E-state index is 12.7.